The number of ether oxygens (including phenoxy) is 1. The lowest BCUT2D eigenvalue weighted by Crippen LogP contribution is -2.32. The van der Waals surface area contributed by atoms with Gasteiger partial charge in [0.05, 0.1) is 29.6 Å². The lowest BCUT2D eigenvalue weighted by Gasteiger charge is -2.24. The molecule has 4 aromatic rings. The number of halogens is 2. The van der Waals surface area contributed by atoms with Crippen LogP contribution in [-0.2, 0) is 5.41 Å². The van der Waals surface area contributed by atoms with Crippen molar-refractivity contribution in [2.45, 2.75) is 30.7 Å². The van der Waals surface area contributed by atoms with Gasteiger partial charge in [-0.05, 0) is 42.7 Å². The quantitative estimate of drug-likeness (QED) is 0.497. The Hall–Kier alpha value is -3.75. The second-order valence-corrected chi connectivity index (χ2v) is 9.74. The minimum Gasteiger partial charge on any atom is -0.491 e. The lowest BCUT2D eigenvalue weighted by molar-refractivity contribution is 0.0708. The number of hydrogen-bond acceptors (Lipinski definition) is 5. The van der Waals surface area contributed by atoms with Gasteiger partial charge in [0.1, 0.15) is 23.7 Å². The summed E-state index contributed by atoms with van der Waals surface area (Å²) in [6.45, 7) is 0.325. The molecule has 172 valence electrons. The van der Waals surface area contributed by atoms with Crippen molar-refractivity contribution in [3.63, 3.8) is 0 Å². The number of carbonyl (C=O) groups excluding carboxylic acids is 1. The summed E-state index contributed by atoms with van der Waals surface area (Å²) in [4.78, 5) is 23.6. The van der Waals surface area contributed by atoms with Crippen molar-refractivity contribution in [1.82, 2.24) is 19.3 Å². The van der Waals surface area contributed by atoms with Crippen molar-refractivity contribution < 1.29 is 18.3 Å². The van der Waals surface area contributed by atoms with Gasteiger partial charge in [-0.1, -0.05) is 12.1 Å². The van der Waals surface area contributed by atoms with E-state index in [4.69, 9.17) is 10.5 Å². The Morgan fingerprint density at radius 1 is 1.24 bits per heavy atom. The number of fused-ring (bicyclic) bond motifs is 5. The molecule has 2 fully saturated rings. The van der Waals surface area contributed by atoms with Crippen LogP contribution >= 0.6 is 0 Å². The zero-order valence-electron chi connectivity index (χ0n) is 18.3. The molecule has 2 aliphatic carbocycles. The van der Waals surface area contributed by atoms with Gasteiger partial charge in [-0.3, -0.25) is 9.20 Å². The van der Waals surface area contributed by atoms with Crippen LogP contribution in [-0.4, -0.2) is 45.3 Å². The molecule has 2 saturated carbocycles. The first-order chi connectivity index (χ1) is 16.3. The molecule has 2 aromatic heterocycles. The van der Waals surface area contributed by atoms with E-state index in [2.05, 4.69) is 9.97 Å². The third-order valence-electron chi connectivity index (χ3n) is 8.09. The highest BCUT2D eigenvalue weighted by Gasteiger charge is 2.87. The predicted octanol–water partition coefficient (Wildman–Crippen LogP) is 3.97. The second-order valence-electron chi connectivity index (χ2n) is 9.74. The summed E-state index contributed by atoms with van der Waals surface area (Å²) < 4.78 is 34.5. The largest absolute Gasteiger partial charge is 0.491 e. The number of nitrogen functional groups attached to an aromatic ring is 1. The highest BCUT2D eigenvalue weighted by atomic mass is 19.3. The summed E-state index contributed by atoms with van der Waals surface area (Å²) in [5, 5.41) is 0. The second kappa shape index (κ2) is 6.22. The van der Waals surface area contributed by atoms with Crippen LogP contribution in [0.25, 0.3) is 16.6 Å². The Kier molecular flexibility index (Phi) is 3.60. The number of nitrogens with two attached hydrogens (primary N) is 1. The van der Waals surface area contributed by atoms with Crippen molar-refractivity contribution in [2.24, 2.45) is 5.41 Å². The van der Waals surface area contributed by atoms with E-state index in [1.54, 1.807) is 42.7 Å². The van der Waals surface area contributed by atoms with E-state index in [1.807, 2.05) is 22.6 Å². The van der Waals surface area contributed by atoms with Crippen LogP contribution in [0.4, 0.5) is 14.6 Å². The van der Waals surface area contributed by atoms with E-state index >= 15 is 0 Å². The molecule has 0 radical (unpaired) electrons. The molecule has 7 rings (SSSR count). The standard InChI is InChI=1S/C25H21F2N5O2/c1-31(22(33)13-2-5-16-17(6-13)32-12-29-8-18(32)21(28)30-16)19-9-34-20-7-14(3-4-15(19)20)24-10-25(24,11-24)23(26)27/h2-8,12,19,23H,9-11H2,1H3,(H2,28,30)/t19-,24?,25?/m1/s1. The average Bonchev–Trinajstić information content (AvgIpc) is 3.46. The molecule has 0 spiro atoms. The van der Waals surface area contributed by atoms with Gasteiger partial charge in [0, 0.05) is 29.0 Å². The van der Waals surface area contributed by atoms with E-state index < -0.39 is 11.8 Å². The fourth-order valence-electron chi connectivity index (χ4n) is 5.76. The van der Waals surface area contributed by atoms with E-state index in [0.29, 0.717) is 47.6 Å². The summed E-state index contributed by atoms with van der Waals surface area (Å²) in [7, 11) is 1.75. The van der Waals surface area contributed by atoms with Crippen molar-refractivity contribution in [3.05, 3.63) is 65.6 Å². The monoisotopic (exact) mass is 461 g/mol. The van der Waals surface area contributed by atoms with Gasteiger partial charge in [0.25, 0.3) is 5.91 Å². The van der Waals surface area contributed by atoms with Gasteiger partial charge in [-0.2, -0.15) is 0 Å². The highest BCUT2D eigenvalue weighted by Crippen LogP contribution is 2.88. The topological polar surface area (TPSA) is 85.8 Å². The summed E-state index contributed by atoms with van der Waals surface area (Å²) in [5.74, 6) is 0.900. The molecule has 2 aromatic carbocycles. The van der Waals surface area contributed by atoms with E-state index in [9.17, 15) is 13.6 Å². The molecule has 3 heterocycles. The number of carbonyl (C=O) groups is 1. The van der Waals surface area contributed by atoms with E-state index in [1.165, 1.54) is 0 Å². The summed E-state index contributed by atoms with van der Waals surface area (Å²) in [6.07, 6.45) is 2.09. The molecule has 2 N–H and O–H groups in total. The van der Waals surface area contributed by atoms with Crippen molar-refractivity contribution >= 4 is 28.3 Å². The van der Waals surface area contributed by atoms with Crippen LogP contribution in [0.5, 0.6) is 5.75 Å². The van der Waals surface area contributed by atoms with Crippen LogP contribution in [0.2, 0.25) is 0 Å². The predicted molar refractivity (Wildman–Crippen MR) is 121 cm³/mol. The van der Waals surface area contributed by atoms with E-state index in [0.717, 1.165) is 16.6 Å². The zero-order chi connectivity index (χ0) is 23.4. The SMILES string of the molecule is CN(C(=O)c1ccc2nc(N)c3cncn3c2c1)[C@@H]1COc2cc(C34CC3(C(F)F)C4)ccc21. The number of benzene rings is 2. The van der Waals surface area contributed by atoms with Gasteiger partial charge in [-0.25, -0.2) is 18.7 Å². The molecular formula is C25H21F2N5O2. The van der Waals surface area contributed by atoms with Crippen LogP contribution < -0.4 is 10.5 Å². The average molecular weight is 461 g/mol. The number of hydrogen-bond donors (Lipinski definition) is 1. The Labute approximate surface area is 193 Å². The maximum atomic E-state index is 13.4. The number of rotatable bonds is 4. The molecule has 7 nitrogen and oxygen atoms in total. The first kappa shape index (κ1) is 19.7. The van der Waals surface area contributed by atoms with Crippen LogP contribution in [0.3, 0.4) is 0 Å². The normalized spacial score (nSPS) is 26.4. The number of imidazole rings is 1. The van der Waals surface area contributed by atoms with Crippen molar-refractivity contribution in [1.29, 1.82) is 0 Å². The van der Waals surface area contributed by atoms with Gasteiger partial charge < -0.3 is 15.4 Å². The third kappa shape index (κ3) is 2.36. The molecule has 0 unspecified atom stereocenters. The van der Waals surface area contributed by atoms with E-state index in [-0.39, 0.29) is 17.4 Å². The fraction of sp³-hybridized carbons (Fsp3) is 0.320. The van der Waals surface area contributed by atoms with Crippen molar-refractivity contribution in [3.8, 4) is 5.75 Å². The molecule has 1 aliphatic heterocycles. The van der Waals surface area contributed by atoms with Crippen LogP contribution in [0.1, 0.15) is 40.4 Å². The molecule has 1 atom stereocenters. The lowest BCUT2D eigenvalue weighted by atomic mass is 9.98. The summed E-state index contributed by atoms with van der Waals surface area (Å²) >= 11 is 0. The zero-order valence-corrected chi connectivity index (χ0v) is 18.3. The van der Waals surface area contributed by atoms with Gasteiger partial charge in [-0.15, -0.1) is 0 Å². The molecule has 0 bridgehead atoms. The van der Waals surface area contributed by atoms with Gasteiger partial charge in [0.2, 0.25) is 6.43 Å². The number of amides is 1. The van der Waals surface area contributed by atoms with Gasteiger partial charge in [0.15, 0.2) is 0 Å². The minimum atomic E-state index is -2.28. The maximum absolute atomic E-state index is 13.4. The number of nitrogens with zero attached hydrogens (tertiary/aromatic N) is 4. The Balaban J connectivity index is 1.18. The smallest absolute Gasteiger partial charge is 0.254 e. The molecule has 3 aliphatic rings. The number of aromatic nitrogens is 3. The van der Waals surface area contributed by atoms with Gasteiger partial charge >= 0.3 is 0 Å². The number of likely N-dealkylation sites (N-methyl/N-ethyl adjacent to an activating group) is 1. The van der Waals surface area contributed by atoms with Crippen LogP contribution in [0.15, 0.2) is 48.9 Å². The first-order valence-electron chi connectivity index (χ1n) is 11.2. The molecule has 0 saturated heterocycles. The fourth-order valence-corrected chi connectivity index (χ4v) is 5.76. The molecule has 1 amide bonds. The Bertz CT molecular complexity index is 1520. The molecule has 34 heavy (non-hydrogen) atoms. The first-order valence-corrected chi connectivity index (χ1v) is 11.2. The van der Waals surface area contributed by atoms with Crippen molar-refractivity contribution in [2.75, 3.05) is 19.4 Å². The highest BCUT2D eigenvalue weighted by molar-refractivity contribution is 5.98. The summed E-state index contributed by atoms with van der Waals surface area (Å²) in [6, 6.07) is 10.8. The third-order valence-corrected chi connectivity index (χ3v) is 8.09. The Morgan fingerprint density at radius 3 is 2.82 bits per heavy atom. The molecular weight excluding hydrogens is 440 g/mol. The Morgan fingerprint density at radius 2 is 2.06 bits per heavy atom. The maximum Gasteiger partial charge on any atom is 0.254 e. The number of alkyl halides is 2. The molecule has 9 heteroatoms. The minimum absolute atomic E-state index is 0.155. The van der Waals surface area contributed by atoms with Crippen LogP contribution in [0, 0.1) is 5.41 Å². The number of anilines is 1. The summed E-state index contributed by atoms with van der Waals surface area (Å²) in [5.41, 5.74) is 9.24.